The first-order valence-corrected chi connectivity index (χ1v) is 6.38. The van der Waals surface area contributed by atoms with E-state index in [2.05, 4.69) is 5.32 Å². The van der Waals surface area contributed by atoms with Crippen LogP contribution in [0.15, 0.2) is 36.4 Å². The van der Waals surface area contributed by atoms with Crippen molar-refractivity contribution in [2.24, 2.45) is 0 Å². The van der Waals surface area contributed by atoms with Crippen LogP contribution in [0.25, 0.3) is 0 Å². The molecule has 2 rings (SSSR count). The van der Waals surface area contributed by atoms with Gasteiger partial charge in [0.1, 0.15) is 11.8 Å². The third-order valence-corrected chi connectivity index (χ3v) is 3.19. The molecule has 2 aromatic rings. The highest BCUT2D eigenvalue weighted by Crippen LogP contribution is 2.26. The molecule has 0 radical (unpaired) electrons. The van der Waals surface area contributed by atoms with Crippen LogP contribution in [0.4, 0.5) is 11.4 Å². The first-order chi connectivity index (χ1) is 10.1. The van der Waals surface area contributed by atoms with Crippen LogP contribution in [0.5, 0.6) is 5.75 Å². The third kappa shape index (κ3) is 3.07. The number of benzene rings is 2. The van der Waals surface area contributed by atoms with Crippen molar-refractivity contribution < 1.29 is 9.53 Å². The molecule has 0 aromatic heterocycles. The third-order valence-electron chi connectivity index (χ3n) is 2.88. The molecule has 0 spiro atoms. The fourth-order valence-electron chi connectivity index (χ4n) is 1.80. The number of nitrogens with one attached hydrogen (secondary N) is 1. The van der Waals surface area contributed by atoms with Gasteiger partial charge in [-0.05, 0) is 30.3 Å². The van der Waals surface area contributed by atoms with Crippen LogP contribution in [-0.2, 0) is 0 Å². The summed E-state index contributed by atoms with van der Waals surface area (Å²) in [6.45, 7) is 0. The van der Waals surface area contributed by atoms with E-state index in [1.54, 1.807) is 24.3 Å². The molecule has 0 aliphatic heterocycles. The number of halogens is 1. The molecule has 106 valence electrons. The molecule has 2 aromatic carbocycles. The summed E-state index contributed by atoms with van der Waals surface area (Å²) in [4.78, 5) is 12.2. The zero-order valence-corrected chi connectivity index (χ0v) is 11.9. The quantitative estimate of drug-likeness (QED) is 0.853. The van der Waals surface area contributed by atoms with E-state index in [1.807, 2.05) is 6.07 Å². The molecule has 0 unspecified atom stereocenters. The highest BCUT2D eigenvalue weighted by molar-refractivity contribution is 6.32. The molecule has 5 nitrogen and oxygen atoms in total. The fourth-order valence-corrected chi connectivity index (χ4v) is 2.02. The van der Waals surface area contributed by atoms with Crippen molar-refractivity contribution in [1.82, 2.24) is 0 Å². The standard InChI is InChI=1S/C15H12ClN3O2/c1-21-13-4-2-3-11(14(13)18)15(20)19-10-6-5-9(8-17)12(16)7-10/h2-7H,18H2,1H3,(H,19,20). The van der Waals surface area contributed by atoms with Gasteiger partial charge in [0.05, 0.1) is 28.9 Å². The number of methoxy groups -OCH3 is 1. The summed E-state index contributed by atoms with van der Waals surface area (Å²) >= 11 is 5.92. The summed E-state index contributed by atoms with van der Waals surface area (Å²) < 4.78 is 5.07. The molecule has 0 aliphatic carbocycles. The molecular formula is C15H12ClN3O2. The number of hydrogen-bond acceptors (Lipinski definition) is 4. The normalized spacial score (nSPS) is 9.76. The molecule has 0 bridgehead atoms. The first kappa shape index (κ1) is 14.7. The largest absolute Gasteiger partial charge is 0.495 e. The SMILES string of the molecule is COc1cccc(C(=O)Nc2ccc(C#N)c(Cl)c2)c1N. The maximum Gasteiger partial charge on any atom is 0.257 e. The smallest absolute Gasteiger partial charge is 0.257 e. The van der Waals surface area contributed by atoms with Crippen LogP contribution < -0.4 is 15.8 Å². The number of carbonyl (C=O) groups excluding carboxylic acids is 1. The number of hydrogen-bond donors (Lipinski definition) is 2. The van der Waals surface area contributed by atoms with Crippen LogP contribution in [0, 0.1) is 11.3 Å². The van der Waals surface area contributed by atoms with Crippen LogP contribution in [-0.4, -0.2) is 13.0 Å². The Labute approximate surface area is 126 Å². The van der Waals surface area contributed by atoms with Gasteiger partial charge in [-0.15, -0.1) is 0 Å². The van der Waals surface area contributed by atoms with E-state index in [1.165, 1.54) is 19.2 Å². The number of nitriles is 1. The fraction of sp³-hybridized carbons (Fsp3) is 0.0667. The van der Waals surface area contributed by atoms with E-state index in [0.29, 0.717) is 22.6 Å². The number of nitrogens with zero attached hydrogens (tertiary/aromatic N) is 1. The molecule has 21 heavy (non-hydrogen) atoms. The monoisotopic (exact) mass is 301 g/mol. The van der Waals surface area contributed by atoms with Crippen LogP contribution in [0.1, 0.15) is 15.9 Å². The topological polar surface area (TPSA) is 88.1 Å². The number of nitrogen functional groups attached to an aromatic ring is 1. The number of amides is 1. The van der Waals surface area contributed by atoms with Crippen molar-refractivity contribution in [1.29, 1.82) is 5.26 Å². The van der Waals surface area contributed by atoms with Crippen molar-refractivity contribution in [2.45, 2.75) is 0 Å². The Bertz CT molecular complexity index is 738. The number of para-hydroxylation sites is 1. The van der Waals surface area contributed by atoms with Crippen LogP contribution in [0.2, 0.25) is 5.02 Å². The van der Waals surface area contributed by atoms with Gasteiger partial charge in [-0.1, -0.05) is 17.7 Å². The Balaban J connectivity index is 2.27. The second-order valence-electron chi connectivity index (χ2n) is 4.18. The Kier molecular flexibility index (Phi) is 4.31. The lowest BCUT2D eigenvalue weighted by atomic mass is 10.1. The zero-order chi connectivity index (χ0) is 15.4. The van der Waals surface area contributed by atoms with Crippen LogP contribution in [0.3, 0.4) is 0 Å². The van der Waals surface area contributed by atoms with Gasteiger partial charge in [-0.2, -0.15) is 5.26 Å². The number of anilines is 2. The van der Waals surface area contributed by atoms with Gasteiger partial charge in [-0.25, -0.2) is 0 Å². The Morgan fingerprint density at radius 2 is 2.14 bits per heavy atom. The molecule has 0 saturated heterocycles. The van der Waals surface area contributed by atoms with Gasteiger partial charge >= 0.3 is 0 Å². The van der Waals surface area contributed by atoms with Crippen molar-refractivity contribution >= 4 is 28.9 Å². The number of ether oxygens (including phenoxy) is 1. The summed E-state index contributed by atoms with van der Waals surface area (Å²) in [7, 11) is 1.48. The lowest BCUT2D eigenvalue weighted by Gasteiger charge is -2.10. The molecule has 1 amide bonds. The van der Waals surface area contributed by atoms with E-state index < -0.39 is 0 Å². The Hall–Kier alpha value is -2.71. The van der Waals surface area contributed by atoms with E-state index in [4.69, 9.17) is 27.3 Å². The van der Waals surface area contributed by atoms with Crippen molar-refractivity contribution in [3.63, 3.8) is 0 Å². The van der Waals surface area contributed by atoms with E-state index in [9.17, 15) is 4.79 Å². The second-order valence-corrected chi connectivity index (χ2v) is 4.59. The highest BCUT2D eigenvalue weighted by atomic mass is 35.5. The average Bonchev–Trinajstić information content (AvgIpc) is 2.47. The first-order valence-electron chi connectivity index (χ1n) is 6.00. The lowest BCUT2D eigenvalue weighted by Crippen LogP contribution is -2.14. The van der Waals surface area contributed by atoms with Crippen molar-refractivity contribution in [3.05, 3.63) is 52.5 Å². The molecular weight excluding hydrogens is 290 g/mol. The lowest BCUT2D eigenvalue weighted by molar-refractivity contribution is 0.102. The van der Waals surface area contributed by atoms with Gasteiger partial charge in [-0.3, -0.25) is 4.79 Å². The predicted octanol–water partition coefficient (Wildman–Crippen LogP) is 3.05. The predicted molar refractivity (Wildman–Crippen MR) is 81.5 cm³/mol. The maximum atomic E-state index is 12.2. The highest BCUT2D eigenvalue weighted by Gasteiger charge is 2.13. The number of rotatable bonds is 3. The van der Waals surface area contributed by atoms with Crippen molar-refractivity contribution in [3.8, 4) is 11.8 Å². The summed E-state index contributed by atoms with van der Waals surface area (Å²) in [5, 5.41) is 11.8. The number of nitrogens with two attached hydrogens (primary N) is 1. The van der Waals surface area contributed by atoms with Gasteiger partial charge in [0, 0.05) is 5.69 Å². The van der Waals surface area contributed by atoms with Gasteiger partial charge < -0.3 is 15.8 Å². The minimum absolute atomic E-state index is 0.261. The van der Waals surface area contributed by atoms with Crippen molar-refractivity contribution in [2.75, 3.05) is 18.2 Å². The summed E-state index contributed by atoms with van der Waals surface area (Å²) in [5.41, 5.74) is 7.25. The Morgan fingerprint density at radius 1 is 1.38 bits per heavy atom. The van der Waals surface area contributed by atoms with Gasteiger partial charge in [0.15, 0.2) is 0 Å². The van der Waals surface area contributed by atoms with Gasteiger partial charge in [0.25, 0.3) is 5.91 Å². The minimum Gasteiger partial charge on any atom is -0.495 e. The maximum absolute atomic E-state index is 12.2. The van der Waals surface area contributed by atoms with E-state index >= 15 is 0 Å². The minimum atomic E-state index is -0.382. The molecule has 0 saturated carbocycles. The van der Waals surface area contributed by atoms with Gasteiger partial charge in [0.2, 0.25) is 0 Å². The molecule has 3 N–H and O–H groups in total. The number of carbonyl (C=O) groups is 1. The summed E-state index contributed by atoms with van der Waals surface area (Å²) in [6, 6.07) is 11.5. The molecule has 0 fully saturated rings. The Morgan fingerprint density at radius 3 is 2.76 bits per heavy atom. The van der Waals surface area contributed by atoms with E-state index in [-0.39, 0.29) is 16.6 Å². The molecule has 0 aliphatic rings. The second kappa shape index (κ2) is 6.16. The summed E-state index contributed by atoms with van der Waals surface area (Å²) in [6.07, 6.45) is 0. The zero-order valence-electron chi connectivity index (χ0n) is 11.2. The summed E-state index contributed by atoms with van der Waals surface area (Å²) in [5.74, 6) is 0.0488. The average molecular weight is 302 g/mol. The molecule has 0 atom stereocenters. The molecule has 6 heteroatoms. The van der Waals surface area contributed by atoms with E-state index in [0.717, 1.165) is 0 Å². The van der Waals surface area contributed by atoms with Crippen LogP contribution >= 0.6 is 11.6 Å². The molecule has 0 heterocycles.